The third-order valence-electron chi connectivity index (χ3n) is 2.76. The van der Waals surface area contributed by atoms with Gasteiger partial charge in [-0.25, -0.2) is 0 Å². The highest BCUT2D eigenvalue weighted by Gasteiger charge is 2.18. The molecular formula is C15H17NO. The fraction of sp³-hybridized carbons (Fsp3) is 0.200. The van der Waals surface area contributed by atoms with E-state index in [0.717, 1.165) is 17.9 Å². The van der Waals surface area contributed by atoms with Gasteiger partial charge in [-0.05, 0) is 25.1 Å². The predicted octanol–water partition coefficient (Wildman–Crippen LogP) is 3.50. The second-order valence-corrected chi connectivity index (χ2v) is 3.89. The summed E-state index contributed by atoms with van der Waals surface area (Å²) in [6.07, 6.45) is 5.80. The van der Waals surface area contributed by atoms with Gasteiger partial charge in [0.25, 0.3) is 0 Å². The average molecular weight is 227 g/mol. The van der Waals surface area contributed by atoms with Crippen LogP contribution >= 0.6 is 0 Å². The first-order valence-electron chi connectivity index (χ1n) is 5.76. The zero-order valence-electron chi connectivity index (χ0n) is 10.1. The van der Waals surface area contributed by atoms with Gasteiger partial charge in [-0.1, -0.05) is 36.9 Å². The molecule has 1 saturated heterocycles. The lowest BCUT2D eigenvalue weighted by atomic mass is 10.1. The van der Waals surface area contributed by atoms with Crippen LogP contribution in [0.4, 0.5) is 5.69 Å². The highest BCUT2D eigenvalue weighted by Crippen LogP contribution is 2.24. The largest absolute Gasteiger partial charge is 0.473 e. The van der Waals surface area contributed by atoms with Gasteiger partial charge in [0.15, 0.2) is 6.73 Å². The molecule has 2 rings (SSSR count). The number of hydrogen-bond donors (Lipinski definition) is 0. The zero-order chi connectivity index (χ0) is 12.1. The third kappa shape index (κ3) is 2.59. The van der Waals surface area contributed by atoms with Crippen LogP contribution in [0.25, 0.3) is 0 Å². The molecule has 1 fully saturated rings. The first-order chi connectivity index (χ1) is 8.35. The third-order valence-corrected chi connectivity index (χ3v) is 2.76. The van der Waals surface area contributed by atoms with Gasteiger partial charge in [-0.15, -0.1) is 0 Å². The van der Waals surface area contributed by atoms with Crippen molar-refractivity contribution in [2.24, 2.45) is 0 Å². The van der Waals surface area contributed by atoms with Crippen LogP contribution in [0.15, 0.2) is 66.5 Å². The van der Waals surface area contributed by atoms with E-state index in [0.29, 0.717) is 6.73 Å². The summed E-state index contributed by atoms with van der Waals surface area (Å²) >= 11 is 0. The first kappa shape index (κ1) is 11.5. The summed E-state index contributed by atoms with van der Waals surface area (Å²) in [4.78, 5) is 2.20. The molecule has 1 aliphatic heterocycles. The summed E-state index contributed by atoms with van der Waals surface area (Å²) < 4.78 is 5.73. The van der Waals surface area contributed by atoms with E-state index in [1.165, 1.54) is 5.69 Å². The van der Waals surface area contributed by atoms with E-state index < -0.39 is 0 Å². The van der Waals surface area contributed by atoms with Gasteiger partial charge < -0.3 is 9.64 Å². The molecule has 0 radical (unpaired) electrons. The average Bonchev–Trinajstić information content (AvgIpc) is 2.40. The van der Waals surface area contributed by atoms with E-state index in [-0.39, 0.29) is 0 Å². The molecule has 0 saturated carbocycles. The quantitative estimate of drug-likeness (QED) is 0.766. The minimum atomic E-state index is 0.595. The minimum absolute atomic E-state index is 0.595. The van der Waals surface area contributed by atoms with Crippen molar-refractivity contribution in [1.82, 2.24) is 0 Å². The zero-order valence-corrected chi connectivity index (χ0v) is 10.1. The normalized spacial score (nSPS) is 20.4. The Balaban J connectivity index is 2.20. The molecule has 0 aromatic heterocycles. The molecular weight excluding hydrogens is 210 g/mol. The fourth-order valence-electron chi connectivity index (χ4n) is 1.92. The number of benzene rings is 1. The smallest absolute Gasteiger partial charge is 0.161 e. The Bertz CT molecular complexity index is 445. The molecule has 0 bridgehead atoms. The molecule has 88 valence electrons. The highest BCUT2D eigenvalue weighted by atomic mass is 16.5. The van der Waals surface area contributed by atoms with E-state index in [9.17, 15) is 0 Å². The second-order valence-electron chi connectivity index (χ2n) is 3.89. The van der Waals surface area contributed by atoms with Crippen LogP contribution in [0, 0.1) is 0 Å². The van der Waals surface area contributed by atoms with Crippen molar-refractivity contribution in [2.45, 2.75) is 6.92 Å². The van der Waals surface area contributed by atoms with Crippen molar-refractivity contribution >= 4 is 5.69 Å². The maximum Gasteiger partial charge on any atom is 0.161 e. The van der Waals surface area contributed by atoms with Crippen LogP contribution in [0.2, 0.25) is 0 Å². The van der Waals surface area contributed by atoms with Crippen LogP contribution < -0.4 is 4.90 Å². The number of anilines is 1. The Morgan fingerprint density at radius 3 is 2.71 bits per heavy atom. The van der Waals surface area contributed by atoms with Crippen LogP contribution in [-0.2, 0) is 4.74 Å². The van der Waals surface area contributed by atoms with Crippen LogP contribution in [-0.4, -0.2) is 13.3 Å². The highest BCUT2D eigenvalue weighted by molar-refractivity contribution is 5.50. The van der Waals surface area contributed by atoms with E-state index in [2.05, 4.69) is 23.6 Å². The first-order valence-corrected chi connectivity index (χ1v) is 5.76. The van der Waals surface area contributed by atoms with Crippen molar-refractivity contribution in [3.8, 4) is 0 Å². The van der Waals surface area contributed by atoms with Crippen molar-refractivity contribution in [3.05, 3.63) is 66.5 Å². The van der Waals surface area contributed by atoms with Crippen LogP contribution in [0.5, 0.6) is 0 Å². The molecule has 2 heteroatoms. The van der Waals surface area contributed by atoms with Crippen molar-refractivity contribution < 1.29 is 4.74 Å². The van der Waals surface area contributed by atoms with Gasteiger partial charge in [0.05, 0.1) is 0 Å². The molecule has 1 aromatic carbocycles. The van der Waals surface area contributed by atoms with Crippen molar-refractivity contribution in [2.75, 3.05) is 18.2 Å². The van der Waals surface area contributed by atoms with E-state index in [4.69, 9.17) is 4.74 Å². The topological polar surface area (TPSA) is 12.5 Å². The molecule has 2 nitrogen and oxygen atoms in total. The van der Waals surface area contributed by atoms with E-state index in [1.54, 1.807) is 6.08 Å². The Morgan fingerprint density at radius 2 is 2.06 bits per heavy atom. The minimum Gasteiger partial charge on any atom is -0.473 e. The van der Waals surface area contributed by atoms with Crippen LogP contribution in [0.1, 0.15) is 6.92 Å². The molecule has 1 aromatic rings. The van der Waals surface area contributed by atoms with E-state index in [1.807, 2.05) is 37.3 Å². The molecule has 17 heavy (non-hydrogen) atoms. The van der Waals surface area contributed by atoms with E-state index >= 15 is 0 Å². The summed E-state index contributed by atoms with van der Waals surface area (Å²) in [5.74, 6) is 0.956. The molecule has 0 spiro atoms. The molecule has 1 heterocycles. The van der Waals surface area contributed by atoms with Gasteiger partial charge >= 0.3 is 0 Å². The number of allylic oxidation sites excluding steroid dienone is 3. The number of para-hydroxylation sites is 1. The monoisotopic (exact) mass is 227 g/mol. The lowest BCUT2D eigenvalue weighted by Crippen LogP contribution is -2.33. The fourth-order valence-corrected chi connectivity index (χ4v) is 1.92. The number of hydrogen-bond acceptors (Lipinski definition) is 2. The van der Waals surface area contributed by atoms with Gasteiger partial charge in [0, 0.05) is 17.8 Å². The molecule has 1 aliphatic rings. The molecule has 0 aliphatic carbocycles. The lowest BCUT2D eigenvalue weighted by molar-refractivity contribution is 0.201. The Kier molecular flexibility index (Phi) is 3.66. The number of nitrogens with zero attached hydrogens (tertiary/aromatic N) is 1. The van der Waals surface area contributed by atoms with Crippen molar-refractivity contribution in [1.29, 1.82) is 0 Å². The Morgan fingerprint density at radius 1 is 1.29 bits per heavy atom. The second kappa shape index (κ2) is 5.39. The Hall–Kier alpha value is -1.96. The van der Waals surface area contributed by atoms with Gasteiger partial charge in [0.2, 0.25) is 0 Å². The molecule has 0 unspecified atom stereocenters. The Labute approximate surface area is 103 Å². The molecule has 0 amide bonds. The molecule has 0 atom stereocenters. The predicted molar refractivity (Wildman–Crippen MR) is 71.8 cm³/mol. The summed E-state index contributed by atoms with van der Waals surface area (Å²) in [6.45, 7) is 7.19. The maximum absolute atomic E-state index is 5.73. The summed E-state index contributed by atoms with van der Waals surface area (Å²) in [5.41, 5.74) is 2.34. The van der Waals surface area contributed by atoms with Gasteiger partial charge in [0.1, 0.15) is 5.76 Å². The standard InChI is InChI=1S/C15H17NO/c1-3-8-13-11-16(12-17-15(13)4-2)14-9-6-5-7-10-14/h3-10H,1,11-12H2,2H3/b13-8-,15-4+. The van der Waals surface area contributed by atoms with Crippen molar-refractivity contribution in [3.63, 3.8) is 0 Å². The number of ether oxygens (including phenoxy) is 1. The lowest BCUT2D eigenvalue weighted by Gasteiger charge is -2.32. The maximum atomic E-state index is 5.73. The van der Waals surface area contributed by atoms with Gasteiger partial charge in [-0.2, -0.15) is 0 Å². The summed E-state index contributed by atoms with van der Waals surface area (Å²) in [6, 6.07) is 10.3. The summed E-state index contributed by atoms with van der Waals surface area (Å²) in [5, 5.41) is 0. The number of rotatable bonds is 2. The molecule has 0 N–H and O–H groups in total. The SMILES string of the molecule is C=C/C=C1/CN(c2ccccc2)CO/C1=C/C. The van der Waals surface area contributed by atoms with Gasteiger partial charge in [-0.3, -0.25) is 0 Å². The van der Waals surface area contributed by atoms with Crippen LogP contribution in [0.3, 0.4) is 0 Å². The summed E-state index contributed by atoms with van der Waals surface area (Å²) in [7, 11) is 0.